The van der Waals surface area contributed by atoms with Gasteiger partial charge >= 0.3 is 0 Å². The number of hydrogen-bond acceptors (Lipinski definition) is 4. The summed E-state index contributed by atoms with van der Waals surface area (Å²) in [5.41, 5.74) is 5.02. The van der Waals surface area contributed by atoms with Crippen molar-refractivity contribution in [1.29, 1.82) is 0 Å². The zero-order chi connectivity index (χ0) is 15.5. The Labute approximate surface area is 123 Å². The minimum Gasteiger partial charge on any atom is -0.396 e. The summed E-state index contributed by atoms with van der Waals surface area (Å²) < 4.78 is 39.4. The Kier molecular flexibility index (Phi) is 5.76. The molecule has 1 rings (SSSR count). The van der Waals surface area contributed by atoms with E-state index in [2.05, 4.69) is 4.72 Å². The van der Waals surface area contributed by atoms with Gasteiger partial charge in [-0.3, -0.25) is 0 Å². The molecule has 20 heavy (non-hydrogen) atoms. The van der Waals surface area contributed by atoms with E-state index in [0.717, 1.165) is 12.1 Å². The average Bonchev–Trinajstić information content (AvgIpc) is 2.30. The maximum absolute atomic E-state index is 13.1. The lowest BCUT2D eigenvalue weighted by Crippen LogP contribution is -2.33. The Morgan fingerprint density at radius 1 is 1.45 bits per heavy atom. The van der Waals surface area contributed by atoms with Crippen molar-refractivity contribution in [3.05, 3.63) is 23.0 Å². The summed E-state index contributed by atoms with van der Waals surface area (Å²) in [5.74, 6) is -0.548. The summed E-state index contributed by atoms with van der Waals surface area (Å²) in [6.45, 7) is 3.68. The van der Waals surface area contributed by atoms with Crippen LogP contribution < -0.4 is 10.5 Å². The van der Waals surface area contributed by atoms with Crippen molar-refractivity contribution in [2.24, 2.45) is 5.92 Å². The molecule has 1 aromatic rings. The molecular weight excluding hydrogens is 307 g/mol. The number of benzene rings is 1. The molecule has 0 aliphatic rings. The molecule has 0 saturated carbocycles. The highest BCUT2D eigenvalue weighted by Crippen LogP contribution is 2.26. The standard InChI is InChI=1S/C12H18ClFN2O3S/c1-7(2)3-8(17)6-16-20(18,19)12-5-11(15)10(14)4-9(12)13/h4-5,7-8,16-17H,3,6,15H2,1-2H3. The molecule has 1 atom stereocenters. The van der Waals surface area contributed by atoms with E-state index in [1.807, 2.05) is 13.8 Å². The van der Waals surface area contributed by atoms with Crippen molar-refractivity contribution in [2.45, 2.75) is 31.3 Å². The number of halogens is 2. The van der Waals surface area contributed by atoms with E-state index in [9.17, 15) is 17.9 Å². The van der Waals surface area contributed by atoms with E-state index in [4.69, 9.17) is 17.3 Å². The van der Waals surface area contributed by atoms with Crippen LogP contribution >= 0.6 is 11.6 Å². The number of sulfonamides is 1. The highest BCUT2D eigenvalue weighted by molar-refractivity contribution is 7.89. The molecule has 0 aliphatic carbocycles. The third-order valence-corrected chi connectivity index (χ3v) is 4.48. The maximum Gasteiger partial charge on any atom is 0.242 e. The molecule has 0 spiro atoms. The van der Waals surface area contributed by atoms with Gasteiger partial charge in [0.05, 0.1) is 16.8 Å². The van der Waals surface area contributed by atoms with Gasteiger partial charge in [-0.2, -0.15) is 0 Å². The van der Waals surface area contributed by atoms with E-state index in [1.165, 1.54) is 0 Å². The molecule has 1 unspecified atom stereocenters. The van der Waals surface area contributed by atoms with E-state index < -0.39 is 21.9 Å². The Bertz CT molecular complexity index is 578. The zero-order valence-corrected chi connectivity index (χ0v) is 12.8. The summed E-state index contributed by atoms with van der Waals surface area (Å²) in [6.07, 6.45) is -0.344. The minimum absolute atomic E-state index is 0.145. The Balaban J connectivity index is 2.87. The smallest absolute Gasteiger partial charge is 0.242 e. The van der Waals surface area contributed by atoms with Crippen molar-refractivity contribution >= 4 is 27.3 Å². The first kappa shape index (κ1) is 17.2. The molecule has 0 aromatic heterocycles. The molecule has 0 fully saturated rings. The average molecular weight is 325 g/mol. The topological polar surface area (TPSA) is 92.4 Å². The monoisotopic (exact) mass is 324 g/mol. The first-order valence-corrected chi connectivity index (χ1v) is 7.92. The number of anilines is 1. The van der Waals surface area contributed by atoms with Gasteiger partial charge in [-0.05, 0) is 24.5 Å². The SMILES string of the molecule is CC(C)CC(O)CNS(=O)(=O)c1cc(N)c(F)cc1Cl. The fourth-order valence-electron chi connectivity index (χ4n) is 1.66. The number of hydrogen-bond donors (Lipinski definition) is 3. The van der Waals surface area contributed by atoms with Gasteiger partial charge in [-0.25, -0.2) is 17.5 Å². The fraction of sp³-hybridized carbons (Fsp3) is 0.500. The van der Waals surface area contributed by atoms with Gasteiger partial charge in [0.1, 0.15) is 10.7 Å². The van der Waals surface area contributed by atoms with Crippen LogP contribution in [0.1, 0.15) is 20.3 Å². The Morgan fingerprint density at radius 2 is 2.05 bits per heavy atom. The predicted octanol–water partition coefficient (Wildman–Crippen LogP) is 1.75. The molecule has 0 radical (unpaired) electrons. The molecule has 0 heterocycles. The Morgan fingerprint density at radius 3 is 2.60 bits per heavy atom. The summed E-state index contributed by atoms with van der Waals surface area (Å²) in [6, 6.07) is 1.80. The van der Waals surface area contributed by atoms with E-state index in [0.29, 0.717) is 6.42 Å². The normalized spacial score (nSPS) is 13.7. The molecule has 4 N–H and O–H groups in total. The summed E-state index contributed by atoms with van der Waals surface area (Å²) in [7, 11) is -3.95. The van der Waals surface area contributed by atoms with Crippen LogP contribution in [0, 0.1) is 11.7 Å². The molecule has 0 amide bonds. The molecular formula is C12H18ClFN2O3S. The molecule has 1 aromatic carbocycles. The summed E-state index contributed by atoms with van der Waals surface area (Å²) in [5, 5.41) is 9.39. The van der Waals surface area contributed by atoms with Gasteiger partial charge < -0.3 is 10.8 Å². The quantitative estimate of drug-likeness (QED) is 0.695. The zero-order valence-electron chi connectivity index (χ0n) is 11.2. The van der Waals surface area contributed by atoms with Crippen LogP contribution in [0.4, 0.5) is 10.1 Å². The lowest BCUT2D eigenvalue weighted by molar-refractivity contribution is 0.152. The number of aliphatic hydroxyl groups is 1. The van der Waals surface area contributed by atoms with E-state index in [1.54, 1.807) is 0 Å². The van der Waals surface area contributed by atoms with Crippen LogP contribution in [0.15, 0.2) is 17.0 Å². The third kappa shape index (κ3) is 4.59. The van der Waals surface area contributed by atoms with Crippen molar-refractivity contribution in [3.8, 4) is 0 Å². The number of nitrogens with one attached hydrogen (secondary N) is 1. The molecule has 0 bridgehead atoms. The highest BCUT2D eigenvalue weighted by atomic mass is 35.5. The number of nitrogen functional groups attached to an aromatic ring is 1. The predicted molar refractivity (Wildman–Crippen MR) is 76.5 cm³/mol. The van der Waals surface area contributed by atoms with Crippen LogP contribution in [-0.2, 0) is 10.0 Å². The van der Waals surface area contributed by atoms with E-state index >= 15 is 0 Å². The van der Waals surface area contributed by atoms with Crippen molar-refractivity contribution in [1.82, 2.24) is 4.72 Å². The maximum atomic E-state index is 13.1. The van der Waals surface area contributed by atoms with Crippen LogP contribution in [-0.4, -0.2) is 26.2 Å². The van der Waals surface area contributed by atoms with Crippen molar-refractivity contribution < 1.29 is 17.9 Å². The summed E-state index contributed by atoms with van der Waals surface area (Å²) in [4.78, 5) is -0.310. The second-order valence-corrected chi connectivity index (χ2v) is 7.08. The van der Waals surface area contributed by atoms with Crippen LogP contribution in [0.25, 0.3) is 0 Å². The lowest BCUT2D eigenvalue weighted by atomic mass is 10.1. The van der Waals surface area contributed by atoms with Gasteiger partial charge in [0.25, 0.3) is 0 Å². The molecule has 8 heteroatoms. The largest absolute Gasteiger partial charge is 0.396 e. The van der Waals surface area contributed by atoms with Crippen LogP contribution in [0.3, 0.4) is 0 Å². The van der Waals surface area contributed by atoms with Gasteiger partial charge in [0.15, 0.2) is 0 Å². The molecule has 114 valence electrons. The van der Waals surface area contributed by atoms with Gasteiger partial charge in [-0.1, -0.05) is 25.4 Å². The van der Waals surface area contributed by atoms with Crippen molar-refractivity contribution in [2.75, 3.05) is 12.3 Å². The highest BCUT2D eigenvalue weighted by Gasteiger charge is 2.21. The molecule has 0 saturated heterocycles. The number of rotatable bonds is 6. The number of nitrogens with two attached hydrogens (primary N) is 1. The van der Waals surface area contributed by atoms with Crippen LogP contribution in [0.5, 0.6) is 0 Å². The van der Waals surface area contributed by atoms with Gasteiger partial charge in [0.2, 0.25) is 10.0 Å². The first-order chi connectivity index (χ1) is 9.13. The van der Waals surface area contributed by atoms with Crippen molar-refractivity contribution in [3.63, 3.8) is 0 Å². The Hall–Kier alpha value is -0.890. The van der Waals surface area contributed by atoms with Gasteiger partial charge in [-0.15, -0.1) is 0 Å². The second kappa shape index (κ2) is 6.71. The molecule has 5 nitrogen and oxygen atoms in total. The van der Waals surface area contributed by atoms with Crippen LogP contribution in [0.2, 0.25) is 5.02 Å². The first-order valence-electron chi connectivity index (χ1n) is 6.05. The van der Waals surface area contributed by atoms with E-state index in [-0.39, 0.29) is 28.1 Å². The second-order valence-electron chi connectivity index (χ2n) is 4.94. The number of aliphatic hydroxyl groups excluding tert-OH is 1. The fourth-order valence-corrected chi connectivity index (χ4v) is 3.28. The third-order valence-electron chi connectivity index (χ3n) is 2.59. The van der Waals surface area contributed by atoms with Gasteiger partial charge in [0, 0.05) is 6.54 Å². The molecule has 0 aliphatic heterocycles. The minimum atomic E-state index is -3.95. The lowest BCUT2D eigenvalue weighted by Gasteiger charge is -2.15. The summed E-state index contributed by atoms with van der Waals surface area (Å²) >= 11 is 5.71.